The summed E-state index contributed by atoms with van der Waals surface area (Å²) in [7, 11) is 0. The molecule has 17 heavy (non-hydrogen) atoms. The van der Waals surface area contributed by atoms with Gasteiger partial charge in [0.2, 0.25) is 0 Å². The lowest BCUT2D eigenvalue weighted by atomic mass is 10.2. The smallest absolute Gasteiger partial charge is 0.357 e. The minimum absolute atomic E-state index is 0.0650. The summed E-state index contributed by atoms with van der Waals surface area (Å²) in [6.07, 6.45) is -2.79. The molecule has 0 spiro atoms. The molecule has 0 radical (unpaired) electrons. The first-order valence-electron chi connectivity index (χ1n) is 4.71. The van der Waals surface area contributed by atoms with E-state index < -0.39 is 18.1 Å². The maximum Gasteiger partial charge on any atom is 0.357 e. The molecule has 0 aliphatic rings. The molecule has 0 aliphatic carbocycles. The number of carbonyl (C=O) groups excluding carboxylic acids is 1. The molecule has 1 rings (SSSR count). The fourth-order valence-electron chi connectivity index (χ4n) is 1.17. The van der Waals surface area contributed by atoms with Crippen molar-refractivity contribution in [2.24, 2.45) is 0 Å². The lowest BCUT2D eigenvalue weighted by Crippen LogP contribution is -2.12. The normalized spacial score (nSPS) is 10.7. The number of hydrogen-bond donors (Lipinski definition) is 0. The second-order valence-electron chi connectivity index (χ2n) is 3.01. The Morgan fingerprint density at radius 2 is 2.29 bits per heavy atom. The van der Waals surface area contributed by atoms with E-state index in [1.54, 1.807) is 6.92 Å². The maximum atomic E-state index is 12.5. The van der Waals surface area contributed by atoms with Crippen LogP contribution in [0, 0.1) is 0 Å². The highest BCUT2D eigenvalue weighted by atomic mass is 79.9. The Balaban J connectivity index is 3.28. The van der Waals surface area contributed by atoms with Crippen molar-refractivity contribution in [1.29, 1.82) is 0 Å². The van der Waals surface area contributed by atoms with Crippen molar-refractivity contribution in [1.82, 2.24) is 4.98 Å². The Bertz CT molecular complexity index is 429. The summed E-state index contributed by atoms with van der Waals surface area (Å²) in [5, 5.41) is 0.298. The van der Waals surface area contributed by atoms with Crippen LogP contribution < -0.4 is 0 Å². The number of halogens is 4. The molecule has 0 N–H and O–H groups in total. The second kappa shape index (κ2) is 6.26. The zero-order valence-corrected chi connectivity index (χ0v) is 11.2. The maximum absolute atomic E-state index is 12.5. The Labute approximate surface area is 110 Å². The molecule has 1 aromatic rings. The number of ether oxygens (including phenoxy) is 1. The Kier molecular flexibility index (Phi) is 5.27. The number of esters is 1. The fraction of sp³-hybridized carbons (Fsp3) is 0.400. The predicted octanol–water partition coefficient (Wildman–Crippen LogP) is 3.74. The van der Waals surface area contributed by atoms with E-state index in [-0.39, 0.29) is 22.7 Å². The van der Waals surface area contributed by atoms with Gasteiger partial charge >= 0.3 is 5.97 Å². The molecule has 7 heteroatoms. The van der Waals surface area contributed by atoms with E-state index in [0.717, 1.165) is 6.07 Å². The highest BCUT2D eigenvalue weighted by molar-refractivity contribution is 9.08. The van der Waals surface area contributed by atoms with Gasteiger partial charge in [-0.05, 0) is 13.0 Å². The van der Waals surface area contributed by atoms with Crippen LogP contribution >= 0.6 is 27.5 Å². The molecule has 1 heterocycles. The van der Waals surface area contributed by atoms with Crippen molar-refractivity contribution in [3.05, 3.63) is 28.0 Å². The van der Waals surface area contributed by atoms with E-state index in [9.17, 15) is 13.6 Å². The van der Waals surface area contributed by atoms with E-state index in [2.05, 4.69) is 20.9 Å². The van der Waals surface area contributed by atoms with Crippen molar-refractivity contribution in [3.8, 4) is 0 Å². The number of alkyl halides is 3. The van der Waals surface area contributed by atoms with Crippen molar-refractivity contribution in [2.75, 3.05) is 6.61 Å². The van der Waals surface area contributed by atoms with Gasteiger partial charge in [0, 0.05) is 15.9 Å². The zero-order valence-electron chi connectivity index (χ0n) is 8.84. The number of carbonyl (C=O) groups is 1. The molecule has 0 saturated carbocycles. The second-order valence-corrected chi connectivity index (χ2v) is 3.98. The summed E-state index contributed by atoms with van der Waals surface area (Å²) in [6.45, 7) is 1.75. The fourth-order valence-corrected chi connectivity index (χ4v) is 2.16. The van der Waals surface area contributed by atoms with Crippen LogP contribution in [0.3, 0.4) is 0 Å². The van der Waals surface area contributed by atoms with Crippen molar-refractivity contribution < 1.29 is 18.3 Å². The minimum atomic E-state index is -2.79. The Morgan fingerprint density at radius 3 is 2.76 bits per heavy atom. The summed E-state index contributed by atoms with van der Waals surface area (Å²) < 4.78 is 29.8. The van der Waals surface area contributed by atoms with Gasteiger partial charge in [0.15, 0.2) is 5.69 Å². The van der Waals surface area contributed by atoms with Crippen molar-refractivity contribution in [2.45, 2.75) is 18.7 Å². The van der Waals surface area contributed by atoms with Gasteiger partial charge in [0.1, 0.15) is 5.69 Å². The number of aromatic nitrogens is 1. The topological polar surface area (TPSA) is 39.2 Å². The lowest BCUT2D eigenvalue weighted by Gasteiger charge is -2.10. The molecule has 0 saturated heterocycles. The summed E-state index contributed by atoms with van der Waals surface area (Å²) in [5.41, 5.74) is -0.371. The van der Waals surface area contributed by atoms with E-state index in [4.69, 9.17) is 16.3 Å². The van der Waals surface area contributed by atoms with Crippen molar-refractivity contribution >= 4 is 33.5 Å². The highest BCUT2D eigenvalue weighted by Crippen LogP contribution is 2.27. The van der Waals surface area contributed by atoms with Gasteiger partial charge in [-0.15, -0.1) is 0 Å². The Morgan fingerprint density at radius 1 is 1.65 bits per heavy atom. The summed E-state index contributed by atoms with van der Waals surface area (Å²) >= 11 is 8.93. The third-order valence-electron chi connectivity index (χ3n) is 1.92. The highest BCUT2D eigenvalue weighted by Gasteiger charge is 2.21. The molecular weight excluding hydrogens is 319 g/mol. The van der Waals surface area contributed by atoms with Crippen LogP contribution in [0.1, 0.15) is 35.1 Å². The first-order valence-corrected chi connectivity index (χ1v) is 6.21. The molecule has 0 bridgehead atoms. The van der Waals surface area contributed by atoms with Crippen LogP contribution in [0.25, 0.3) is 0 Å². The Hall–Kier alpha value is -0.750. The van der Waals surface area contributed by atoms with Gasteiger partial charge in [-0.1, -0.05) is 27.5 Å². The van der Waals surface area contributed by atoms with Gasteiger partial charge in [-0.3, -0.25) is 0 Å². The van der Waals surface area contributed by atoms with E-state index in [0.29, 0.717) is 5.56 Å². The minimum Gasteiger partial charge on any atom is -0.461 e. The number of hydrogen-bond acceptors (Lipinski definition) is 3. The SMILES string of the molecule is CCOC(=O)c1nc(C(F)F)cc(Cl)c1CBr. The number of pyridine rings is 1. The first kappa shape index (κ1) is 14.3. The van der Waals surface area contributed by atoms with E-state index in [1.807, 2.05) is 0 Å². The quantitative estimate of drug-likeness (QED) is 0.624. The predicted molar refractivity (Wildman–Crippen MR) is 62.8 cm³/mol. The van der Waals surface area contributed by atoms with Crippen LogP contribution in [0.5, 0.6) is 0 Å². The molecule has 1 aromatic heterocycles. The summed E-state index contributed by atoms with van der Waals surface area (Å²) in [4.78, 5) is 15.1. The zero-order chi connectivity index (χ0) is 13.0. The molecule has 0 amide bonds. The average molecular weight is 329 g/mol. The molecule has 0 aromatic carbocycles. The van der Waals surface area contributed by atoms with Crippen molar-refractivity contribution in [3.63, 3.8) is 0 Å². The number of nitrogens with zero attached hydrogens (tertiary/aromatic N) is 1. The van der Waals surface area contributed by atoms with Gasteiger partial charge in [0.25, 0.3) is 6.43 Å². The molecular formula is C10H9BrClF2NO2. The molecule has 0 atom stereocenters. The summed E-state index contributed by atoms with van der Waals surface area (Å²) in [5.74, 6) is -0.758. The molecule has 0 aliphatic heterocycles. The van der Waals surface area contributed by atoms with Crippen LogP contribution in [0.2, 0.25) is 5.02 Å². The number of rotatable bonds is 4. The third kappa shape index (κ3) is 3.35. The standard InChI is InChI=1S/C10H9BrClF2NO2/c1-2-17-10(16)8-5(4-11)6(12)3-7(15-8)9(13)14/h3,9H,2,4H2,1H3. The van der Waals surface area contributed by atoms with Crippen LogP contribution in [0.15, 0.2) is 6.07 Å². The largest absolute Gasteiger partial charge is 0.461 e. The van der Waals surface area contributed by atoms with Gasteiger partial charge in [0.05, 0.1) is 6.61 Å². The van der Waals surface area contributed by atoms with Gasteiger partial charge in [-0.25, -0.2) is 18.6 Å². The monoisotopic (exact) mass is 327 g/mol. The van der Waals surface area contributed by atoms with Crippen LogP contribution in [0.4, 0.5) is 8.78 Å². The van der Waals surface area contributed by atoms with Gasteiger partial charge < -0.3 is 4.74 Å². The third-order valence-corrected chi connectivity index (χ3v) is 2.81. The van der Waals surface area contributed by atoms with Gasteiger partial charge in [-0.2, -0.15) is 0 Å². The van der Waals surface area contributed by atoms with Crippen LogP contribution in [-0.2, 0) is 10.1 Å². The van der Waals surface area contributed by atoms with Crippen LogP contribution in [-0.4, -0.2) is 17.6 Å². The average Bonchev–Trinajstić information content (AvgIpc) is 2.28. The molecule has 94 valence electrons. The molecule has 0 fully saturated rings. The molecule has 0 unspecified atom stereocenters. The van der Waals surface area contributed by atoms with E-state index in [1.165, 1.54) is 0 Å². The first-order chi connectivity index (χ1) is 8.01. The lowest BCUT2D eigenvalue weighted by molar-refractivity contribution is 0.0517. The van der Waals surface area contributed by atoms with E-state index >= 15 is 0 Å². The molecule has 3 nitrogen and oxygen atoms in total. The summed E-state index contributed by atoms with van der Waals surface area (Å²) in [6, 6.07) is 1.05.